The first kappa shape index (κ1) is 10.6. The summed E-state index contributed by atoms with van der Waals surface area (Å²) in [7, 11) is 0. The highest BCUT2D eigenvalue weighted by Crippen LogP contribution is 2.31. The molecule has 6 heteroatoms. The van der Waals surface area contributed by atoms with Gasteiger partial charge in [0, 0.05) is 16.6 Å². The molecule has 1 aromatic rings. The smallest absolute Gasteiger partial charge is 0.288 e. The summed E-state index contributed by atoms with van der Waals surface area (Å²) in [4.78, 5) is 10.2. The van der Waals surface area contributed by atoms with Crippen molar-refractivity contribution in [2.24, 2.45) is 5.73 Å². The topological polar surface area (TPSA) is 69.2 Å². The third-order valence-corrected chi connectivity index (χ3v) is 2.57. The van der Waals surface area contributed by atoms with Crippen LogP contribution in [0.5, 0.6) is 0 Å². The van der Waals surface area contributed by atoms with Gasteiger partial charge >= 0.3 is 0 Å². The minimum absolute atomic E-state index is 0.0331. The van der Waals surface area contributed by atoms with Gasteiger partial charge in [-0.15, -0.1) is 0 Å². The Morgan fingerprint density at radius 3 is 2.54 bits per heavy atom. The van der Waals surface area contributed by atoms with E-state index >= 15 is 0 Å². The molecule has 0 saturated heterocycles. The van der Waals surface area contributed by atoms with Gasteiger partial charge in [-0.1, -0.05) is 15.9 Å². The van der Waals surface area contributed by atoms with Crippen molar-refractivity contribution in [1.29, 1.82) is 0 Å². The molecule has 0 bridgehead atoms. The molecule has 0 aliphatic rings. The lowest BCUT2D eigenvalue weighted by atomic mass is 10.2. The lowest BCUT2D eigenvalue weighted by Crippen LogP contribution is -2.02. The average molecular weight is 310 g/mol. The van der Waals surface area contributed by atoms with Gasteiger partial charge in [0.2, 0.25) is 0 Å². The molecular weight excluding hydrogens is 304 g/mol. The Labute approximate surface area is 91.5 Å². The third kappa shape index (κ3) is 2.26. The summed E-state index contributed by atoms with van der Waals surface area (Å²) in [5.41, 5.74) is 5.92. The molecule has 2 N–H and O–H groups in total. The van der Waals surface area contributed by atoms with E-state index in [2.05, 4.69) is 31.9 Å². The second-order valence-corrected chi connectivity index (χ2v) is 4.13. The van der Waals surface area contributed by atoms with Crippen LogP contribution >= 0.6 is 31.9 Å². The van der Waals surface area contributed by atoms with E-state index in [1.165, 1.54) is 0 Å². The second kappa shape index (κ2) is 4.17. The lowest BCUT2D eigenvalue weighted by Gasteiger charge is -2.02. The molecule has 1 rings (SSSR count). The van der Waals surface area contributed by atoms with Crippen LogP contribution in [0.25, 0.3) is 0 Å². The van der Waals surface area contributed by atoms with Crippen LogP contribution in [0.1, 0.15) is 5.56 Å². The van der Waals surface area contributed by atoms with Crippen molar-refractivity contribution in [1.82, 2.24) is 0 Å². The standard InChI is InChI=1S/C7H6Br2N2O2/c8-5-1-4(3-10)7(11(12)13)6(9)2-5/h1-2H,3,10H2. The van der Waals surface area contributed by atoms with E-state index in [1.807, 2.05) is 0 Å². The van der Waals surface area contributed by atoms with Crippen molar-refractivity contribution < 1.29 is 4.92 Å². The fourth-order valence-electron chi connectivity index (χ4n) is 0.979. The molecule has 0 amide bonds. The highest BCUT2D eigenvalue weighted by molar-refractivity contribution is 9.11. The molecule has 0 aliphatic heterocycles. The van der Waals surface area contributed by atoms with Gasteiger partial charge in [-0.05, 0) is 28.1 Å². The Hall–Kier alpha value is -0.460. The van der Waals surface area contributed by atoms with Crippen molar-refractivity contribution >= 4 is 37.5 Å². The zero-order valence-corrected chi connectivity index (χ0v) is 9.63. The summed E-state index contributed by atoms with van der Waals surface area (Å²) in [6.07, 6.45) is 0. The van der Waals surface area contributed by atoms with E-state index in [0.29, 0.717) is 10.0 Å². The van der Waals surface area contributed by atoms with Crippen molar-refractivity contribution in [2.75, 3.05) is 0 Å². The molecule has 0 spiro atoms. The summed E-state index contributed by atoms with van der Waals surface area (Å²) >= 11 is 6.34. The maximum Gasteiger partial charge on any atom is 0.288 e. The van der Waals surface area contributed by atoms with E-state index in [1.54, 1.807) is 12.1 Å². The zero-order chi connectivity index (χ0) is 10.0. The van der Waals surface area contributed by atoms with Crippen LogP contribution < -0.4 is 5.73 Å². The van der Waals surface area contributed by atoms with E-state index in [0.717, 1.165) is 4.47 Å². The van der Waals surface area contributed by atoms with Gasteiger partial charge in [-0.25, -0.2) is 0 Å². The number of hydrogen-bond acceptors (Lipinski definition) is 3. The zero-order valence-electron chi connectivity index (χ0n) is 6.46. The van der Waals surface area contributed by atoms with Crippen molar-refractivity contribution in [3.63, 3.8) is 0 Å². The number of nitrogens with zero attached hydrogens (tertiary/aromatic N) is 1. The van der Waals surface area contributed by atoms with E-state index in [-0.39, 0.29) is 12.2 Å². The molecule has 0 fully saturated rings. The van der Waals surface area contributed by atoms with Crippen LogP contribution in [-0.2, 0) is 6.54 Å². The number of nitro groups is 1. The predicted octanol–water partition coefficient (Wildman–Crippen LogP) is 2.58. The summed E-state index contributed by atoms with van der Waals surface area (Å²) in [5, 5.41) is 10.6. The van der Waals surface area contributed by atoms with Crippen molar-refractivity contribution in [2.45, 2.75) is 6.54 Å². The summed E-state index contributed by atoms with van der Waals surface area (Å²) in [6, 6.07) is 3.26. The third-order valence-electron chi connectivity index (χ3n) is 1.51. The number of nitro benzene ring substituents is 1. The average Bonchev–Trinajstić information content (AvgIpc) is 2.01. The minimum atomic E-state index is -0.446. The fourth-order valence-corrected chi connectivity index (χ4v) is 2.44. The van der Waals surface area contributed by atoms with E-state index < -0.39 is 4.92 Å². The highest BCUT2D eigenvalue weighted by atomic mass is 79.9. The number of nitrogens with two attached hydrogens (primary N) is 1. The number of halogens is 2. The predicted molar refractivity (Wildman–Crippen MR) is 56.4 cm³/mol. The molecule has 0 atom stereocenters. The number of benzene rings is 1. The van der Waals surface area contributed by atoms with Crippen molar-refractivity contribution in [3.05, 3.63) is 36.8 Å². The normalized spacial score (nSPS) is 10.1. The Morgan fingerprint density at radius 1 is 1.46 bits per heavy atom. The van der Waals surface area contributed by atoms with Crippen LogP contribution in [0.15, 0.2) is 21.1 Å². The Balaban J connectivity index is 3.38. The Morgan fingerprint density at radius 2 is 2.08 bits per heavy atom. The van der Waals surface area contributed by atoms with Gasteiger partial charge in [0.15, 0.2) is 0 Å². The SMILES string of the molecule is NCc1cc(Br)cc(Br)c1[N+](=O)[O-]. The van der Waals surface area contributed by atoms with E-state index in [9.17, 15) is 10.1 Å². The van der Waals surface area contributed by atoms with Crippen LogP contribution in [0.2, 0.25) is 0 Å². The molecule has 0 aromatic heterocycles. The molecule has 4 nitrogen and oxygen atoms in total. The lowest BCUT2D eigenvalue weighted by molar-refractivity contribution is -0.386. The highest BCUT2D eigenvalue weighted by Gasteiger charge is 2.17. The van der Waals surface area contributed by atoms with Gasteiger partial charge in [-0.3, -0.25) is 10.1 Å². The Bertz CT molecular complexity index is 355. The van der Waals surface area contributed by atoms with Crippen LogP contribution in [0, 0.1) is 10.1 Å². The van der Waals surface area contributed by atoms with Gasteiger partial charge < -0.3 is 5.73 Å². The van der Waals surface area contributed by atoms with Gasteiger partial charge in [0.1, 0.15) is 0 Å². The van der Waals surface area contributed by atoms with Crippen LogP contribution in [0.3, 0.4) is 0 Å². The van der Waals surface area contributed by atoms with Gasteiger partial charge in [-0.2, -0.15) is 0 Å². The van der Waals surface area contributed by atoms with Gasteiger partial charge in [0.05, 0.1) is 9.40 Å². The molecule has 0 unspecified atom stereocenters. The van der Waals surface area contributed by atoms with Crippen LogP contribution in [-0.4, -0.2) is 4.92 Å². The van der Waals surface area contributed by atoms with Crippen molar-refractivity contribution in [3.8, 4) is 0 Å². The maximum absolute atomic E-state index is 10.6. The molecule has 13 heavy (non-hydrogen) atoms. The summed E-state index contributed by atoms with van der Waals surface area (Å²) in [6.45, 7) is 0.147. The van der Waals surface area contributed by atoms with E-state index in [4.69, 9.17) is 5.73 Å². The molecular formula is C7H6Br2N2O2. The Kier molecular flexibility index (Phi) is 3.40. The summed E-state index contributed by atoms with van der Waals surface area (Å²) < 4.78 is 1.21. The largest absolute Gasteiger partial charge is 0.326 e. The van der Waals surface area contributed by atoms with Crippen LogP contribution in [0.4, 0.5) is 5.69 Å². The first-order valence-corrected chi connectivity index (χ1v) is 4.97. The molecule has 0 heterocycles. The monoisotopic (exact) mass is 308 g/mol. The first-order valence-electron chi connectivity index (χ1n) is 3.38. The molecule has 70 valence electrons. The number of hydrogen-bond donors (Lipinski definition) is 1. The van der Waals surface area contributed by atoms with Gasteiger partial charge in [0.25, 0.3) is 5.69 Å². The summed E-state index contributed by atoms with van der Waals surface area (Å²) in [5.74, 6) is 0. The molecule has 0 radical (unpaired) electrons. The first-order chi connectivity index (χ1) is 6.06. The number of rotatable bonds is 2. The molecule has 1 aromatic carbocycles. The maximum atomic E-state index is 10.6. The minimum Gasteiger partial charge on any atom is -0.326 e. The quantitative estimate of drug-likeness (QED) is 0.674. The molecule has 0 saturated carbocycles. The molecule has 0 aliphatic carbocycles. The fraction of sp³-hybridized carbons (Fsp3) is 0.143. The second-order valence-electron chi connectivity index (χ2n) is 2.36.